The van der Waals surface area contributed by atoms with Crippen molar-refractivity contribution in [2.45, 2.75) is 51.4 Å². The molecular formula is C26H30N2O2S. The second kappa shape index (κ2) is 7.94. The number of benzene rings is 2. The van der Waals surface area contributed by atoms with Crippen LogP contribution >= 0.6 is 12.2 Å². The molecule has 2 fully saturated rings. The molecule has 0 spiro atoms. The van der Waals surface area contributed by atoms with Crippen LogP contribution < -0.4 is 15.4 Å². The highest BCUT2D eigenvalue weighted by Gasteiger charge is 2.54. The molecule has 4 nitrogen and oxygen atoms in total. The molecular weight excluding hydrogens is 404 g/mol. The quantitative estimate of drug-likeness (QED) is 0.587. The maximum absolute atomic E-state index is 12.6. The number of aryl methyl sites for hydroxylation is 1. The van der Waals surface area contributed by atoms with Crippen LogP contribution in [0.1, 0.15) is 56.1 Å². The van der Waals surface area contributed by atoms with Crippen LogP contribution in [0.25, 0.3) is 0 Å². The highest BCUT2D eigenvalue weighted by Crippen LogP contribution is 2.60. The third-order valence-electron chi connectivity index (χ3n) is 8.03. The first-order valence-corrected chi connectivity index (χ1v) is 11.8. The molecule has 0 saturated heterocycles. The Bertz CT molecular complexity index is 1020. The van der Waals surface area contributed by atoms with E-state index in [0.717, 1.165) is 49.2 Å². The van der Waals surface area contributed by atoms with Gasteiger partial charge in [-0.25, -0.2) is 0 Å². The van der Waals surface area contributed by atoms with Gasteiger partial charge in [0, 0.05) is 17.5 Å². The maximum atomic E-state index is 12.6. The first kappa shape index (κ1) is 20.5. The Kier molecular flexibility index (Phi) is 5.25. The van der Waals surface area contributed by atoms with Crippen LogP contribution in [0.15, 0.2) is 42.5 Å². The topological polar surface area (TPSA) is 50.4 Å². The van der Waals surface area contributed by atoms with Crippen molar-refractivity contribution in [3.05, 3.63) is 53.6 Å². The van der Waals surface area contributed by atoms with E-state index in [1.165, 1.54) is 17.5 Å². The van der Waals surface area contributed by atoms with E-state index in [4.69, 9.17) is 17.0 Å². The van der Waals surface area contributed by atoms with Gasteiger partial charge >= 0.3 is 0 Å². The van der Waals surface area contributed by atoms with Crippen molar-refractivity contribution in [2.75, 3.05) is 17.7 Å². The number of fused-ring (bicyclic) bond motifs is 5. The van der Waals surface area contributed by atoms with Crippen LogP contribution in [-0.2, 0) is 11.2 Å². The second-order valence-electron chi connectivity index (χ2n) is 9.53. The number of carbonyl (C=O) groups excluding carboxylic acids is 1. The standard InChI is InChI=1S/C26H30N2O2S/c1-26-13-12-18-19(21(26)10-11-24(26)29)9-8-16-14-23(30-2)22(15-20(16)18)28-25(31)27-17-6-4-3-5-7-17/h3-7,14-15,18-19,21H,8-13H2,1-2H3,(H2,27,28,31)/t18-,19+,21-,26-/m0/s1. The van der Waals surface area contributed by atoms with Gasteiger partial charge in [0.2, 0.25) is 0 Å². The van der Waals surface area contributed by atoms with Gasteiger partial charge in [-0.15, -0.1) is 0 Å². The first-order chi connectivity index (χ1) is 15.0. The van der Waals surface area contributed by atoms with E-state index in [1.54, 1.807) is 7.11 Å². The van der Waals surface area contributed by atoms with E-state index in [0.29, 0.717) is 28.6 Å². The molecule has 3 aliphatic carbocycles. The Morgan fingerprint density at radius 1 is 1.10 bits per heavy atom. The highest BCUT2D eigenvalue weighted by atomic mass is 32.1. The fourth-order valence-corrected chi connectivity index (χ4v) is 6.67. The van der Waals surface area contributed by atoms with Crippen molar-refractivity contribution >= 4 is 34.5 Å². The van der Waals surface area contributed by atoms with E-state index >= 15 is 0 Å². The Labute approximate surface area is 189 Å². The summed E-state index contributed by atoms with van der Waals surface area (Å²) in [5, 5.41) is 7.15. The van der Waals surface area contributed by atoms with Crippen molar-refractivity contribution in [2.24, 2.45) is 17.3 Å². The van der Waals surface area contributed by atoms with E-state index in [1.807, 2.05) is 30.3 Å². The molecule has 0 radical (unpaired) electrons. The zero-order chi connectivity index (χ0) is 21.6. The van der Waals surface area contributed by atoms with Gasteiger partial charge in [-0.05, 0) is 97.5 Å². The molecule has 0 unspecified atom stereocenters. The smallest absolute Gasteiger partial charge is 0.175 e. The van der Waals surface area contributed by atoms with Crippen LogP contribution in [0, 0.1) is 17.3 Å². The molecule has 2 N–H and O–H groups in total. The van der Waals surface area contributed by atoms with Gasteiger partial charge in [0.15, 0.2) is 5.11 Å². The number of hydrogen-bond acceptors (Lipinski definition) is 3. The molecule has 5 rings (SSSR count). The molecule has 0 aliphatic heterocycles. The van der Waals surface area contributed by atoms with Crippen molar-refractivity contribution < 1.29 is 9.53 Å². The predicted molar refractivity (Wildman–Crippen MR) is 129 cm³/mol. The van der Waals surface area contributed by atoms with Gasteiger partial charge in [-0.3, -0.25) is 4.79 Å². The van der Waals surface area contributed by atoms with Crippen molar-refractivity contribution in [3.63, 3.8) is 0 Å². The molecule has 162 valence electrons. The number of Topliss-reactive ketones (excluding diaryl/α,β-unsaturated/α-hetero) is 1. The molecule has 5 heteroatoms. The summed E-state index contributed by atoms with van der Waals surface area (Å²) in [5.41, 5.74) is 4.58. The molecule has 2 aromatic rings. The number of thiocarbonyl (C=S) groups is 1. The minimum atomic E-state index is -0.0899. The summed E-state index contributed by atoms with van der Waals surface area (Å²) in [6.45, 7) is 2.23. The lowest BCUT2D eigenvalue weighted by Gasteiger charge is -2.48. The number of anilines is 2. The zero-order valence-corrected chi connectivity index (χ0v) is 19.1. The second-order valence-corrected chi connectivity index (χ2v) is 9.94. The number of nitrogens with one attached hydrogen (secondary N) is 2. The van der Waals surface area contributed by atoms with Gasteiger partial charge in [0.05, 0.1) is 12.8 Å². The lowest BCUT2D eigenvalue weighted by molar-refractivity contribution is -0.129. The minimum Gasteiger partial charge on any atom is -0.495 e. The van der Waals surface area contributed by atoms with Crippen molar-refractivity contribution in [3.8, 4) is 5.75 Å². The molecule has 2 aromatic carbocycles. The Balaban J connectivity index is 1.42. The molecule has 0 amide bonds. The summed E-state index contributed by atoms with van der Waals surface area (Å²) < 4.78 is 5.70. The summed E-state index contributed by atoms with van der Waals surface area (Å²) >= 11 is 5.57. The van der Waals surface area contributed by atoms with Crippen molar-refractivity contribution in [1.29, 1.82) is 0 Å². The zero-order valence-electron chi connectivity index (χ0n) is 18.2. The number of carbonyl (C=O) groups is 1. The van der Waals surface area contributed by atoms with Crippen LogP contribution in [0.5, 0.6) is 5.75 Å². The molecule has 0 aromatic heterocycles. The van der Waals surface area contributed by atoms with Crippen molar-refractivity contribution in [1.82, 2.24) is 0 Å². The Morgan fingerprint density at radius 3 is 2.68 bits per heavy atom. The number of rotatable bonds is 3. The number of hydrogen-bond donors (Lipinski definition) is 2. The van der Waals surface area contributed by atoms with Crippen LogP contribution in [-0.4, -0.2) is 18.0 Å². The lowest BCUT2D eigenvalue weighted by atomic mass is 9.55. The number of methoxy groups -OCH3 is 1. The summed E-state index contributed by atoms with van der Waals surface area (Å²) in [4.78, 5) is 12.6. The SMILES string of the molecule is COc1cc2c(cc1NC(=S)Nc1ccccc1)[C@H]1CC[C@]3(C)C(=O)CC[C@H]3[C@@H]1CC2. The Hall–Kier alpha value is -2.40. The van der Waals surface area contributed by atoms with Crippen LogP contribution in [0.2, 0.25) is 0 Å². The molecule has 31 heavy (non-hydrogen) atoms. The monoisotopic (exact) mass is 434 g/mol. The van der Waals surface area contributed by atoms with Crippen LogP contribution in [0.3, 0.4) is 0 Å². The molecule has 0 bridgehead atoms. The fraction of sp³-hybridized carbons (Fsp3) is 0.462. The van der Waals surface area contributed by atoms with Gasteiger partial charge in [0.25, 0.3) is 0 Å². The number of ether oxygens (including phenoxy) is 1. The highest BCUT2D eigenvalue weighted by molar-refractivity contribution is 7.80. The normalized spacial score (nSPS) is 28.8. The molecule has 4 atom stereocenters. The van der Waals surface area contributed by atoms with Crippen LogP contribution in [0.4, 0.5) is 11.4 Å². The fourth-order valence-electron chi connectivity index (χ4n) is 6.44. The largest absolute Gasteiger partial charge is 0.495 e. The van der Waals surface area contributed by atoms with E-state index in [2.05, 4.69) is 29.7 Å². The summed E-state index contributed by atoms with van der Waals surface area (Å²) in [7, 11) is 1.71. The number of ketones is 1. The average Bonchev–Trinajstić information content (AvgIpc) is 3.08. The summed E-state index contributed by atoms with van der Waals surface area (Å²) in [5.74, 6) is 2.98. The van der Waals surface area contributed by atoms with Gasteiger partial charge in [-0.2, -0.15) is 0 Å². The van der Waals surface area contributed by atoms with E-state index in [-0.39, 0.29) is 5.41 Å². The molecule has 3 aliphatic rings. The summed E-state index contributed by atoms with van der Waals surface area (Å²) in [6, 6.07) is 14.4. The molecule has 2 saturated carbocycles. The van der Waals surface area contributed by atoms with E-state index in [9.17, 15) is 4.79 Å². The number of para-hydroxylation sites is 1. The molecule has 0 heterocycles. The average molecular weight is 435 g/mol. The maximum Gasteiger partial charge on any atom is 0.175 e. The summed E-state index contributed by atoms with van der Waals surface area (Å²) in [6.07, 6.45) is 6.18. The minimum absolute atomic E-state index is 0.0899. The Morgan fingerprint density at radius 2 is 1.90 bits per heavy atom. The first-order valence-electron chi connectivity index (χ1n) is 11.4. The third-order valence-corrected chi connectivity index (χ3v) is 8.24. The lowest BCUT2D eigenvalue weighted by Crippen LogP contribution is -2.42. The van der Waals surface area contributed by atoms with Gasteiger partial charge in [0.1, 0.15) is 11.5 Å². The predicted octanol–water partition coefficient (Wildman–Crippen LogP) is 5.93. The third kappa shape index (κ3) is 3.53. The van der Waals surface area contributed by atoms with E-state index < -0.39 is 0 Å². The van der Waals surface area contributed by atoms with Gasteiger partial charge in [-0.1, -0.05) is 25.1 Å². The van der Waals surface area contributed by atoms with Gasteiger partial charge < -0.3 is 15.4 Å².